The summed E-state index contributed by atoms with van der Waals surface area (Å²) in [4.78, 5) is 19.4. The van der Waals surface area contributed by atoms with E-state index in [4.69, 9.17) is 4.74 Å². The van der Waals surface area contributed by atoms with E-state index in [1.807, 2.05) is 59.8 Å². The maximum atomic E-state index is 13.0. The monoisotopic (exact) mass is 415 g/mol. The van der Waals surface area contributed by atoms with Gasteiger partial charge in [-0.2, -0.15) is 5.10 Å². The molecule has 0 saturated carbocycles. The topological polar surface area (TPSA) is 76.0 Å². The number of fused-ring (bicyclic) bond motifs is 1. The number of nitrogens with zero attached hydrogens (tertiary/aromatic N) is 4. The highest BCUT2D eigenvalue weighted by molar-refractivity contribution is 5.93. The van der Waals surface area contributed by atoms with E-state index in [2.05, 4.69) is 25.8 Å². The fourth-order valence-electron chi connectivity index (χ4n) is 4.28. The van der Waals surface area contributed by atoms with Crippen molar-refractivity contribution in [1.29, 1.82) is 0 Å². The van der Waals surface area contributed by atoms with Crippen LogP contribution in [0.4, 0.5) is 0 Å². The van der Waals surface area contributed by atoms with Gasteiger partial charge in [0.25, 0.3) is 5.91 Å². The van der Waals surface area contributed by atoms with Crippen LogP contribution in [-0.4, -0.2) is 50.8 Å². The highest BCUT2D eigenvalue weighted by atomic mass is 16.5. The van der Waals surface area contributed by atoms with Crippen molar-refractivity contribution >= 4 is 16.9 Å². The largest absolute Gasteiger partial charge is 0.497 e. The van der Waals surface area contributed by atoms with E-state index in [-0.39, 0.29) is 5.91 Å². The lowest BCUT2D eigenvalue weighted by atomic mass is 9.96. The van der Waals surface area contributed by atoms with E-state index in [9.17, 15) is 4.79 Å². The summed E-state index contributed by atoms with van der Waals surface area (Å²) in [6, 6.07) is 17.7. The number of ether oxygens (including phenoxy) is 1. The lowest BCUT2D eigenvalue weighted by molar-refractivity contribution is 0.0677. The minimum atomic E-state index is 0.00757. The number of hydrogen-bond donors (Lipinski definition) is 1. The van der Waals surface area contributed by atoms with E-state index in [0.29, 0.717) is 11.6 Å². The minimum Gasteiger partial charge on any atom is -0.497 e. The Bertz CT molecular complexity index is 1200. The van der Waals surface area contributed by atoms with Gasteiger partial charge in [0.1, 0.15) is 11.4 Å². The molecule has 2 aromatic heterocycles. The number of amides is 1. The first-order valence-electron chi connectivity index (χ1n) is 10.6. The summed E-state index contributed by atoms with van der Waals surface area (Å²) in [5.74, 6) is 1.31. The molecular formula is C24H25N5O2. The van der Waals surface area contributed by atoms with Crippen LogP contribution in [0.2, 0.25) is 0 Å². The van der Waals surface area contributed by atoms with Crippen LogP contribution in [0.3, 0.4) is 0 Å². The van der Waals surface area contributed by atoms with Crippen molar-refractivity contribution < 1.29 is 9.53 Å². The normalized spacial score (nSPS) is 14.8. The van der Waals surface area contributed by atoms with Gasteiger partial charge in [0.2, 0.25) is 0 Å². The van der Waals surface area contributed by atoms with Crippen LogP contribution in [-0.2, 0) is 6.54 Å². The number of nitrogens with one attached hydrogen (secondary N) is 1. The summed E-state index contributed by atoms with van der Waals surface area (Å²) < 4.78 is 7.51. The van der Waals surface area contributed by atoms with Crippen LogP contribution in [0.15, 0.2) is 60.9 Å². The quantitative estimate of drug-likeness (QED) is 0.535. The molecule has 7 heteroatoms. The lowest BCUT2D eigenvalue weighted by Gasteiger charge is -2.32. The molecule has 1 aliphatic heterocycles. The zero-order valence-corrected chi connectivity index (χ0v) is 17.5. The lowest BCUT2D eigenvalue weighted by Crippen LogP contribution is -2.39. The van der Waals surface area contributed by atoms with Crippen molar-refractivity contribution in [3.63, 3.8) is 0 Å². The van der Waals surface area contributed by atoms with Crippen LogP contribution in [0.5, 0.6) is 5.75 Å². The molecule has 1 amide bonds. The number of piperidine rings is 1. The number of likely N-dealkylation sites (tertiary alicyclic amines) is 1. The van der Waals surface area contributed by atoms with Crippen LogP contribution < -0.4 is 4.74 Å². The molecule has 1 fully saturated rings. The van der Waals surface area contributed by atoms with Gasteiger partial charge < -0.3 is 14.2 Å². The van der Waals surface area contributed by atoms with Crippen LogP contribution in [0.25, 0.3) is 22.3 Å². The zero-order chi connectivity index (χ0) is 21.2. The molecular weight excluding hydrogens is 390 g/mol. The molecule has 158 valence electrons. The van der Waals surface area contributed by atoms with E-state index >= 15 is 0 Å². The molecule has 1 saturated heterocycles. The number of para-hydroxylation sites is 2. The first-order valence-corrected chi connectivity index (χ1v) is 10.6. The third-order valence-corrected chi connectivity index (χ3v) is 6.06. The molecule has 3 heterocycles. The molecule has 7 nitrogen and oxygen atoms in total. The summed E-state index contributed by atoms with van der Waals surface area (Å²) in [5, 5.41) is 7.25. The fraction of sp³-hybridized carbons (Fsp3) is 0.292. The van der Waals surface area contributed by atoms with E-state index in [1.165, 1.54) is 5.52 Å². The maximum Gasteiger partial charge on any atom is 0.271 e. The molecule has 0 aliphatic carbocycles. The number of methoxy groups -OCH3 is 1. The zero-order valence-electron chi connectivity index (χ0n) is 17.5. The molecule has 1 aliphatic rings. The fourth-order valence-corrected chi connectivity index (χ4v) is 4.28. The third-order valence-electron chi connectivity index (χ3n) is 6.06. The van der Waals surface area contributed by atoms with Gasteiger partial charge in [-0.3, -0.25) is 9.89 Å². The number of benzene rings is 2. The van der Waals surface area contributed by atoms with Crippen molar-refractivity contribution in [3.8, 4) is 17.0 Å². The second-order valence-electron chi connectivity index (χ2n) is 8.02. The maximum absolute atomic E-state index is 13.0. The van der Waals surface area contributed by atoms with Gasteiger partial charge in [0, 0.05) is 25.2 Å². The molecule has 5 rings (SSSR count). The van der Waals surface area contributed by atoms with Crippen LogP contribution >= 0.6 is 0 Å². The van der Waals surface area contributed by atoms with Crippen molar-refractivity contribution in [2.75, 3.05) is 20.2 Å². The highest BCUT2D eigenvalue weighted by Crippen LogP contribution is 2.25. The van der Waals surface area contributed by atoms with Crippen LogP contribution in [0, 0.1) is 5.92 Å². The number of hydrogen-bond acceptors (Lipinski definition) is 4. The van der Waals surface area contributed by atoms with Crippen LogP contribution in [0.1, 0.15) is 23.3 Å². The molecule has 2 aromatic carbocycles. The smallest absolute Gasteiger partial charge is 0.271 e. The average Bonchev–Trinajstić information content (AvgIpc) is 3.47. The number of H-pyrrole nitrogens is 1. The third kappa shape index (κ3) is 3.91. The van der Waals surface area contributed by atoms with E-state index in [1.54, 1.807) is 7.11 Å². The van der Waals surface area contributed by atoms with E-state index in [0.717, 1.165) is 55.0 Å². The molecule has 0 radical (unpaired) electrons. The van der Waals surface area contributed by atoms with Gasteiger partial charge in [0.15, 0.2) is 0 Å². The molecule has 0 bridgehead atoms. The Kier molecular flexibility index (Phi) is 5.16. The molecule has 31 heavy (non-hydrogen) atoms. The number of imidazole rings is 1. The molecule has 0 unspecified atom stereocenters. The number of aromatic amines is 1. The number of carbonyl (C=O) groups is 1. The Balaban J connectivity index is 1.22. The SMILES string of the molecule is COc1cccc(-c2cc(C(=O)N3CCC(Cn4cnc5ccccc54)CC3)[nH]n2)c1. The van der Waals surface area contributed by atoms with Gasteiger partial charge in [-0.15, -0.1) is 0 Å². The van der Waals surface area contributed by atoms with Gasteiger partial charge in [-0.25, -0.2) is 4.98 Å². The molecule has 0 spiro atoms. The second kappa shape index (κ2) is 8.26. The standard InChI is InChI=1S/C24H25N5O2/c1-31-19-6-4-5-18(13-19)21-14-22(27-26-21)24(30)28-11-9-17(10-12-28)15-29-16-25-20-7-2-3-8-23(20)29/h2-8,13-14,16-17H,9-12,15H2,1H3,(H,26,27). The number of rotatable bonds is 5. The Morgan fingerprint density at radius 1 is 1.13 bits per heavy atom. The van der Waals surface area contributed by atoms with Crippen molar-refractivity contribution in [3.05, 3.63) is 66.6 Å². The van der Waals surface area contributed by atoms with E-state index < -0.39 is 0 Å². The Morgan fingerprint density at radius 3 is 2.81 bits per heavy atom. The molecule has 4 aromatic rings. The number of aromatic nitrogens is 4. The van der Waals surface area contributed by atoms with Gasteiger partial charge in [0.05, 0.1) is 30.2 Å². The van der Waals surface area contributed by atoms with Crippen molar-refractivity contribution in [2.45, 2.75) is 19.4 Å². The first-order chi connectivity index (χ1) is 15.2. The summed E-state index contributed by atoms with van der Waals surface area (Å²) in [7, 11) is 1.64. The van der Waals surface area contributed by atoms with Crippen molar-refractivity contribution in [2.24, 2.45) is 5.92 Å². The number of carbonyl (C=O) groups excluding carboxylic acids is 1. The first kappa shape index (κ1) is 19.4. The predicted molar refractivity (Wildman–Crippen MR) is 119 cm³/mol. The van der Waals surface area contributed by atoms with Gasteiger partial charge in [-0.1, -0.05) is 24.3 Å². The van der Waals surface area contributed by atoms with Gasteiger partial charge >= 0.3 is 0 Å². The van der Waals surface area contributed by atoms with Gasteiger partial charge in [-0.05, 0) is 49.1 Å². The predicted octanol–water partition coefficient (Wildman–Crippen LogP) is 3.99. The minimum absolute atomic E-state index is 0.00757. The summed E-state index contributed by atoms with van der Waals surface area (Å²) in [5.41, 5.74) is 4.38. The highest BCUT2D eigenvalue weighted by Gasteiger charge is 2.25. The second-order valence-corrected chi connectivity index (χ2v) is 8.02. The Labute approximate surface area is 180 Å². The Morgan fingerprint density at radius 2 is 1.97 bits per heavy atom. The summed E-state index contributed by atoms with van der Waals surface area (Å²) in [6.07, 6.45) is 3.89. The molecule has 0 atom stereocenters. The summed E-state index contributed by atoms with van der Waals surface area (Å²) >= 11 is 0. The van der Waals surface area contributed by atoms with Crippen molar-refractivity contribution in [1.82, 2.24) is 24.6 Å². The Hall–Kier alpha value is -3.61. The average molecular weight is 415 g/mol. The summed E-state index contributed by atoms with van der Waals surface area (Å²) in [6.45, 7) is 2.44. The molecule has 1 N–H and O–H groups in total.